The van der Waals surface area contributed by atoms with Crippen molar-refractivity contribution < 1.29 is 4.42 Å². The first-order chi connectivity index (χ1) is 31.2. The first-order valence-electron chi connectivity index (χ1n) is 21.5. The van der Waals surface area contributed by atoms with Crippen LogP contribution in [0.1, 0.15) is 0 Å². The van der Waals surface area contributed by atoms with Crippen LogP contribution >= 0.6 is 0 Å². The highest BCUT2D eigenvalue weighted by Crippen LogP contribution is 2.46. The van der Waals surface area contributed by atoms with Crippen molar-refractivity contribution in [2.24, 2.45) is 0 Å². The smallest absolute Gasteiger partial charge is 0.135 e. The summed E-state index contributed by atoms with van der Waals surface area (Å²) in [5.74, 6) is 0. The molecule has 0 radical (unpaired) electrons. The summed E-state index contributed by atoms with van der Waals surface area (Å²) in [4.78, 5) is 2.40. The maximum Gasteiger partial charge on any atom is 0.135 e. The van der Waals surface area contributed by atoms with Gasteiger partial charge in [-0.2, -0.15) is 0 Å². The van der Waals surface area contributed by atoms with Gasteiger partial charge in [-0.1, -0.05) is 182 Å². The molecule has 0 amide bonds. The van der Waals surface area contributed by atoms with Crippen LogP contribution in [-0.4, -0.2) is 4.57 Å². The fourth-order valence-corrected chi connectivity index (χ4v) is 9.41. The van der Waals surface area contributed by atoms with E-state index in [9.17, 15) is 0 Å². The fraction of sp³-hybridized carbons (Fsp3) is 0. The number of rotatable bonds is 8. The molecule has 0 bridgehead atoms. The van der Waals surface area contributed by atoms with Gasteiger partial charge in [0.15, 0.2) is 0 Å². The molecule has 0 N–H and O–H groups in total. The Labute approximate surface area is 366 Å². The van der Waals surface area contributed by atoms with Crippen LogP contribution in [0.4, 0.5) is 17.1 Å². The summed E-state index contributed by atoms with van der Waals surface area (Å²) >= 11 is 0. The van der Waals surface area contributed by atoms with Crippen molar-refractivity contribution in [2.45, 2.75) is 0 Å². The molecule has 0 saturated heterocycles. The normalized spacial score (nSPS) is 11.5. The van der Waals surface area contributed by atoms with E-state index in [1.807, 2.05) is 12.1 Å². The van der Waals surface area contributed by atoms with E-state index in [1.165, 1.54) is 44.2 Å². The maximum atomic E-state index is 6.34. The highest BCUT2D eigenvalue weighted by atomic mass is 16.3. The van der Waals surface area contributed by atoms with Gasteiger partial charge in [0.25, 0.3) is 0 Å². The Kier molecular flexibility index (Phi) is 8.83. The maximum absolute atomic E-state index is 6.34. The lowest BCUT2D eigenvalue weighted by Gasteiger charge is -2.29. The van der Waals surface area contributed by atoms with E-state index in [-0.39, 0.29) is 0 Å². The number of para-hydroxylation sites is 3. The zero-order valence-electron chi connectivity index (χ0n) is 34.4. The van der Waals surface area contributed by atoms with Gasteiger partial charge >= 0.3 is 0 Å². The SMILES string of the molecule is c1ccc(-c2ccc(N(c3ccc4oc5ccccc5c4c3)c3ccccc3-c3ccccc3-n3c4cc(-c5ccccc5)ccc4c4ccc(-c5ccccc5)cc43)cc2)cc1. The van der Waals surface area contributed by atoms with Crippen LogP contribution in [0.15, 0.2) is 247 Å². The third kappa shape index (κ3) is 6.38. The molecule has 0 aliphatic carbocycles. The second-order valence-corrected chi connectivity index (χ2v) is 16.1. The highest BCUT2D eigenvalue weighted by molar-refractivity contribution is 6.12. The molecule has 0 unspecified atom stereocenters. The lowest BCUT2D eigenvalue weighted by Crippen LogP contribution is -2.11. The van der Waals surface area contributed by atoms with Crippen LogP contribution in [0, 0.1) is 0 Å². The molecular weight excluding hydrogens is 765 g/mol. The summed E-state index contributed by atoms with van der Waals surface area (Å²) in [5, 5.41) is 4.62. The first kappa shape index (κ1) is 36.5. The highest BCUT2D eigenvalue weighted by Gasteiger charge is 2.23. The minimum Gasteiger partial charge on any atom is -0.456 e. The Bertz CT molecular complexity index is 3510. The number of hydrogen-bond acceptors (Lipinski definition) is 2. The number of aromatic nitrogens is 1. The quantitative estimate of drug-likeness (QED) is 0.153. The van der Waals surface area contributed by atoms with Gasteiger partial charge in [0.05, 0.1) is 22.4 Å². The summed E-state index contributed by atoms with van der Waals surface area (Å²) in [7, 11) is 0. The number of nitrogens with zero attached hydrogens (tertiary/aromatic N) is 2. The Balaban J connectivity index is 1.10. The standard InChI is InChI=1S/C60H40N2O/c1-4-16-41(17-5-1)44-28-32-47(33-29-44)61(48-34-37-60-54(40-48)53-24-12-15-27-59(53)63-60)55-25-13-10-22-49(55)50-23-11-14-26-56(50)62-57-38-45(42-18-6-2-7-19-42)30-35-51(57)52-36-31-46(39-58(52)62)43-20-8-3-9-21-43/h1-40H. The first-order valence-corrected chi connectivity index (χ1v) is 21.5. The number of anilines is 3. The zero-order chi connectivity index (χ0) is 41.7. The minimum atomic E-state index is 0.870. The second kappa shape index (κ2) is 15.3. The monoisotopic (exact) mass is 804 g/mol. The zero-order valence-corrected chi connectivity index (χ0v) is 34.4. The van der Waals surface area contributed by atoms with Gasteiger partial charge < -0.3 is 13.9 Å². The van der Waals surface area contributed by atoms with Gasteiger partial charge in [-0.05, 0) is 94.0 Å². The predicted molar refractivity (Wildman–Crippen MR) is 264 cm³/mol. The molecule has 296 valence electrons. The van der Waals surface area contributed by atoms with Gasteiger partial charge in [-0.25, -0.2) is 0 Å². The summed E-state index contributed by atoms with van der Waals surface area (Å²) in [6.45, 7) is 0. The fourth-order valence-electron chi connectivity index (χ4n) is 9.41. The van der Waals surface area contributed by atoms with Crippen molar-refractivity contribution in [1.29, 1.82) is 0 Å². The van der Waals surface area contributed by atoms with E-state index < -0.39 is 0 Å². The molecule has 3 heteroatoms. The molecular formula is C60H40N2O. The molecule has 0 saturated carbocycles. The molecule has 2 aromatic heterocycles. The molecule has 2 heterocycles. The van der Waals surface area contributed by atoms with E-state index in [0.717, 1.165) is 66.8 Å². The van der Waals surface area contributed by atoms with Crippen molar-refractivity contribution >= 4 is 60.8 Å². The third-order valence-electron chi connectivity index (χ3n) is 12.4. The van der Waals surface area contributed by atoms with Crippen molar-refractivity contribution in [1.82, 2.24) is 4.57 Å². The molecule has 12 rings (SSSR count). The topological polar surface area (TPSA) is 21.3 Å². The lowest BCUT2D eigenvalue weighted by molar-refractivity contribution is 0.669. The van der Waals surface area contributed by atoms with Crippen molar-refractivity contribution in [3.05, 3.63) is 243 Å². The second-order valence-electron chi connectivity index (χ2n) is 16.1. The average Bonchev–Trinajstić information content (AvgIpc) is 3.90. The van der Waals surface area contributed by atoms with Crippen LogP contribution in [0.25, 0.3) is 93.9 Å². The van der Waals surface area contributed by atoms with Crippen LogP contribution < -0.4 is 4.90 Å². The molecule has 12 aromatic rings. The summed E-state index contributed by atoms with van der Waals surface area (Å²) < 4.78 is 8.82. The number of fused-ring (bicyclic) bond motifs is 6. The van der Waals surface area contributed by atoms with Crippen LogP contribution in [0.2, 0.25) is 0 Å². The lowest BCUT2D eigenvalue weighted by atomic mass is 9.98. The molecule has 0 aliphatic heterocycles. The van der Waals surface area contributed by atoms with E-state index >= 15 is 0 Å². The van der Waals surface area contributed by atoms with E-state index in [0.29, 0.717) is 0 Å². The van der Waals surface area contributed by atoms with Gasteiger partial charge in [0, 0.05) is 44.0 Å². The van der Waals surface area contributed by atoms with Gasteiger partial charge in [-0.15, -0.1) is 0 Å². The Hall–Kier alpha value is -8.40. The van der Waals surface area contributed by atoms with Gasteiger partial charge in [0.1, 0.15) is 11.2 Å². The molecule has 0 atom stereocenters. The van der Waals surface area contributed by atoms with Crippen molar-refractivity contribution in [2.75, 3.05) is 4.90 Å². The van der Waals surface area contributed by atoms with Crippen LogP contribution in [0.3, 0.4) is 0 Å². The van der Waals surface area contributed by atoms with Gasteiger partial charge in [-0.3, -0.25) is 0 Å². The van der Waals surface area contributed by atoms with E-state index in [4.69, 9.17) is 4.42 Å². The van der Waals surface area contributed by atoms with Crippen molar-refractivity contribution in [3.63, 3.8) is 0 Å². The molecule has 3 nitrogen and oxygen atoms in total. The third-order valence-corrected chi connectivity index (χ3v) is 12.4. The number of benzene rings is 10. The Morgan fingerprint density at radius 1 is 0.302 bits per heavy atom. The Morgan fingerprint density at radius 3 is 1.43 bits per heavy atom. The molecule has 0 aliphatic rings. The Morgan fingerprint density at radius 2 is 0.778 bits per heavy atom. The average molecular weight is 805 g/mol. The summed E-state index contributed by atoms with van der Waals surface area (Å²) in [5.41, 5.74) is 17.7. The molecule has 10 aromatic carbocycles. The largest absolute Gasteiger partial charge is 0.456 e. The van der Waals surface area contributed by atoms with Crippen molar-refractivity contribution in [3.8, 4) is 50.2 Å². The van der Waals surface area contributed by atoms with Gasteiger partial charge in [0.2, 0.25) is 0 Å². The van der Waals surface area contributed by atoms with Crippen LogP contribution in [-0.2, 0) is 0 Å². The predicted octanol–water partition coefficient (Wildman–Crippen LogP) is 16.8. The number of furan rings is 1. The summed E-state index contributed by atoms with van der Waals surface area (Å²) in [6.07, 6.45) is 0. The molecule has 0 spiro atoms. The summed E-state index contributed by atoms with van der Waals surface area (Å²) in [6, 6.07) is 87.3. The minimum absolute atomic E-state index is 0.870. The molecule has 63 heavy (non-hydrogen) atoms. The van der Waals surface area contributed by atoms with E-state index in [1.54, 1.807) is 0 Å². The molecule has 0 fully saturated rings. The van der Waals surface area contributed by atoms with Crippen LogP contribution in [0.5, 0.6) is 0 Å². The number of hydrogen-bond donors (Lipinski definition) is 0. The van der Waals surface area contributed by atoms with E-state index in [2.05, 4.69) is 240 Å².